The highest BCUT2D eigenvalue weighted by atomic mass is 127. The van der Waals surface area contributed by atoms with E-state index in [1.807, 2.05) is 32.1 Å². The van der Waals surface area contributed by atoms with Gasteiger partial charge in [-0.2, -0.15) is 0 Å². The van der Waals surface area contributed by atoms with Crippen molar-refractivity contribution in [2.45, 2.75) is 27.2 Å². The van der Waals surface area contributed by atoms with Crippen LogP contribution in [0.4, 0.5) is 0 Å². The third kappa shape index (κ3) is 10.1. The van der Waals surface area contributed by atoms with E-state index in [1.165, 1.54) is 14.5 Å². The molecule has 0 aromatic heterocycles. The van der Waals surface area contributed by atoms with Crippen LogP contribution in [0, 0.1) is 11.2 Å². The number of hydrogen-bond acceptors (Lipinski definition) is 1. The average Bonchev–Trinajstić information content (AvgIpc) is 2.32. The summed E-state index contributed by atoms with van der Waals surface area (Å²) in [5, 5.41) is 2.97. The first-order valence-electron chi connectivity index (χ1n) is 5.14. The molecule has 0 aliphatic carbocycles. The molecule has 0 radical (unpaired) electrons. The smallest absolute Gasteiger partial charge is 0.0246 e. The van der Waals surface area contributed by atoms with Gasteiger partial charge in [0, 0.05) is 26.8 Å². The Labute approximate surface area is 117 Å². The number of hydrogen-bond donors (Lipinski definition) is 0. The summed E-state index contributed by atoms with van der Waals surface area (Å²) in [7, 11) is 1.49. The van der Waals surface area contributed by atoms with Gasteiger partial charge in [0.25, 0.3) is 0 Å². The van der Waals surface area contributed by atoms with Crippen LogP contribution in [0.5, 0.6) is 0 Å². The van der Waals surface area contributed by atoms with Crippen molar-refractivity contribution in [3.05, 3.63) is 48.6 Å². The van der Waals surface area contributed by atoms with Crippen molar-refractivity contribution < 1.29 is 0 Å². The maximum Gasteiger partial charge on any atom is 0.0246 e. The fourth-order valence-corrected chi connectivity index (χ4v) is 1.33. The fourth-order valence-electron chi connectivity index (χ4n) is 0.856. The van der Waals surface area contributed by atoms with Gasteiger partial charge in [-0.15, -0.1) is 6.58 Å². The molecular weight excluding hydrogens is 327 g/mol. The summed E-state index contributed by atoms with van der Waals surface area (Å²) >= 11 is 2.16. The molecule has 0 aliphatic rings. The second-order valence-electron chi connectivity index (χ2n) is 2.59. The third-order valence-electron chi connectivity index (χ3n) is 1.53. The topological polar surface area (TPSA) is 0 Å². The van der Waals surface area contributed by atoms with Crippen LogP contribution < -0.4 is 0 Å². The zero-order valence-corrected chi connectivity index (χ0v) is 13.2. The summed E-state index contributed by atoms with van der Waals surface area (Å²) in [6, 6.07) is 0. The molecule has 0 heterocycles. The van der Waals surface area contributed by atoms with Crippen LogP contribution in [0.25, 0.3) is 0 Å². The van der Waals surface area contributed by atoms with E-state index in [4.69, 9.17) is 0 Å². The Hall–Kier alpha value is -0.400. The van der Waals surface area contributed by atoms with Crippen LogP contribution in [-0.2, 0) is 0 Å². The quantitative estimate of drug-likeness (QED) is 0.273. The Balaban J connectivity index is 0. The standard InChI is InChI=1S/C12H13IS.C2H6/c1-4-6-8-12(9-10-14-13)11(3)7-5-2;1-2/h4-6,8H,1-2,7H2,3H3;1-2H3/b8-6-,12-11-;. The largest absolute Gasteiger partial charge is 0.103 e. The summed E-state index contributed by atoms with van der Waals surface area (Å²) < 4.78 is 0. The number of allylic oxidation sites excluding steroid dienone is 6. The molecule has 0 atom stereocenters. The van der Waals surface area contributed by atoms with E-state index in [0.29, 0.717) is 0 Å². The second kappa shape index (κ2) is 14.6. The van der Waals surface area contributed by atoms with Gasteiger partial charge in [0.15, 0.2) is 0 Å². The van der Waals surface area contributed by atoms with Crippen molar-refractivity contribution >= 4 is 30.1 Å². The van der Waals surface area contributed by atoms with Gasteiger partial charge in [-0.05, 0) is 33.6 Å². The van der Waals surface area contributed by atoms with Crippen LogP contribution in [-0.4, -0.2) is 0 Å². The lowest BCUT2D eigenvalue weighted by Gasteiger charge is -1.98. The monoisotopic (exact) mass is 346 g/mol. The van der Waals surface area contributed by atoms with Gasteiger partial charge >= 0.3 is 0 Å². The Morgan fingerprint density at radius 1 is 1.38 bits per heavy atom. The first-order chi connectivity index (χ1) is 7.76. The molecule has 0 bridgehead atoms. The van der Waals surface area contributed by atoms with E-state index in [9.17, 15) is 0 Å². The third-order valence-corrected chi connectivity index (χ3v) is 2.37. The molecule has 88 valence electrons. The Morgan fingerprint density at radius 3 is 2.44 bits per heavy atom. The SMILES string of the molecule is C=C/C=C\C(C#CSI)=C(/C)CC=C.CC. The molecule has 2 heteroatoms. The molecule has 0 saturated heterocycles. The van der Waals surface area contributed by atoms with Crippen LogP contribution in [0.2, 0.25) is 0 Å². The Morgan fingerprint density at radius 2 is 2.00 bits per heavy atom. The summed E-state index contributed by atoms with van der Waals surface area (Å²) in [4.78, 5) is 0. The summed E-state index contributed by atoms with van der Waals surface area (Å²) in [5.41, 5.74) is 2.28. The Kier molecular flexibility index (Phi) is 16.4. The van der Waals surface area contributed by atoms with Gasteiger partial charge < -0.3 is 0 Å². The predicted octanol–water partition coefficient (Wildman–Crippen LogP) is 5.69. The van der Waals surface area contributed by atoms with Crippen molar-refractivity contribution in [2.75, 3.05) is 0 Å². The maximum atomic E-state index is 3.71. The minimum absolute atomic E-state index is 0.872. The molecule has 0 spiro atoms. The van der Waals surface area contributed by atoms with Gasteiger partial charge in [-0.3, -0.25) is 0 Å². The summed E-state index contributed by atoms with van der Waals surface area (Å²) in [6.45, 7) is 13.4. The molecule has 0 N–H and O–H groups in total. The minimum atomic E-state index is 0.872. The van der Waals surface area contributed by atoms with E-state index in [0.717, 1.165) is 12.0 Å². The van der Waals surface area contributed by atoms with Gasteiger partial charge in [-0.1, -0.05) is 50.1 Å². The van der Waals surface area contributed by atoms with Crippen molar-refractivity contribution in [2.24, 2.45) is 0 Å². The molecule has 0 nitrogen and oxygen atoms in total. The first-order valence-corrected chi connectivity index (χ1v) is 8.50. The van der Waals surface area contributed by atoms with E-state index in [1.54, 1.807) is 6.08 Å². The lowest BCUT2D eigenvalue weighted by Crippen LogP contribution is -1.81. The van der Waals surface area contributed by atoms with Gasteiger partial charge in [-0.25, -0.2) is 0 Å². The lowest BCUT2D eigenvalue weighted by molar-refractivity contribution is 1.20. The van der Waals surface area contributed by atoms with Crippen molar-refractivity contribution in [1.82, 2.24) is 0 Å². The zero-order valence-electron chi connectivity index (χ0n) is 10.2. The van der Waals surface area contributed by atoms with E-state index >= 15 is 0 Å². The summed E-state index contributed by atoms with van der Waals surface area (Å²) in [5.74, 6) is 3.09. The van der Waals surface area contributed by atoms with Crippen molar-refractivity contribution in [1.29, 1.82) is 0 Å². The van der Waals surface area contributed by atoms with E-state index in [-0.39, 0.29) is 0 Å². The zero-order chi connectivity index (χ0) is 12.8. The van der Waals surface area contributed by atoms with Crippen LogP contribution in [0.15, 0.2) is 48.6 Å². The molecule has 0 unspecified atom stereocenters. The van der Waals surface area contributed by atoms with Crippen LogP contribution in [0.3, 0.4) is 0 Å². The molecule has 16 heavy (non-hydrogen) atoms. The predicted molar refractivity (Wildman–Crippen MR) is 87.6 cm³/mol. The Bertz CT molecular complexity index is 313. The number of rotatable bonds is 4. The molecule has 0 saturated carbocycles. The average molecular weight is 346 g/mol. The first kappa shape index (κ1) is 18.0. The van der Waals surface area contributed by atoms with Gasteiger partial charge in [0.1, 0.15) is 0 Å². The summed E-state index contributed by atoms with van der Waals surface area (Å²) in [6.07, 6.45) is 8.38. The molecule has 0 aromatic carbocycles. The van der Waals surface area contributed by atoms with E-state index < -0.39 is 0 Å². The highest BCUT2D eigenvalue weighted by Crippen LogP contribution is 2.12. The highest BCUT2D eigenvalue weighted by Gasteiger charge is 1.93. The van der Waals surface area contributed by atoms with E-state index in [2.05, 4.69) is 52.5 Å². The normalized spacial score (nSPS) is 10.5. The van der Waals surface area contributed by atoms with Crippen molar-refractivity contribution in [3.8, 4) is 11.2 Å². The van der Waals surface area contributed by atoms with Crippen LogP contribution in [0.1, 0.15) is 27.2 Å². The minimum Gasteiger partial charge on any atom is -0.103 e. The van der Waals surface area contributed by atoms with Crippen LogP contribution >= 0.6 is 30.1 Å². The lowest BCUT2D eigenvalue weighted by atomic mass is 10.1. The van der Waals surface area contributed by atoms with Crippen molar-refractivity contribution in [3.63, 3.8) is 0 Å². The second-order valence-corrected chi connectivity index (χ2v) is 4.27. The molecule has 0 fully saturated rings. The number of halogens is 1. The molecule has 0 rings (SSSR count). The maximum absolute atomic E-state index is 3.71. The molecule has 0 amide bonds. The fraction of sp³-hybridized carbons (Fsp3) is 0.286. The highest BCUT2D eigenvalue weighted by molar-refractivity contribution is 14.2. The van der Waals surface area contributed by atoms with Gasteiger partial charge in [0.05, 0.1) is 0 Å². The molecule has 0 aromatic rings. The molecular formula is C14H19IS. The van der Waals surface area contributed by atoms with Gasteiger partial charge in [0.2, 0.25) is 0 Å². The molecule has 0 aliphatic heterocycles.